The molecular formula is C11H16N2O2. The predicted octanol–water partition coefficient (Wildman–Crippen LogP) is 0.463. The lowest BCUT2D eigenvalue weighted by Gasteiger charge is -2.18. The summed E-state index contributed by atoms with van der Waals surface area (Å²) in [6.45, 7) is 2.01. The molecule has 1 rings (SSSR count). The van der Waals surface area contributed by atoms with Gasteiger partial charge in [0.1, 0.15) is 0 Å². The standard InChI is InChI=1S/C11H16N2O2/c1-9(14)8-13(2)11(15)7-10-5-3-4-6-12-10/h3-6,9,14H,7-8H2,1-2H3. The lowest BCUT2D eigenvalue weighted by Crippen LogP contribution is -2.34. The Kier molecular flexibility index (Phi) is 4.24. The van der Waals surface area contributed by atoms with Crippen molar-refractivity contribution in [2.24, 2.45) is 0 Å². The molecule has 0 aliphatic rings. The molecule has 4 heteroatoms. The number of hydrogen-bond acceptors (Lipinski definition) is 3. The van der Waals surface area contributed by atoms with Crippen LogP contribution in [0.5, 0.6) is 0 Å². The molecule has 0 aliphatic carbocycles. The molecule has 0 bridgehead atoms. The fraction of sp³-hybridized carbons (Fsp3) is 0.455. The molecule has 0 fully saturated rings. The first-order chi connectivity index (χ1) is 7.09. The molecule has 0 saturated heterocycles. The minimum Gasteiger partial charge on any atom is -0.392 e. The summed E-state index contributed by atoms with van der Waals surface area (Å²) in [5, 5.41) is 9.13. The van der Waals surface area contributed by atoms with E-state index >= 15 is 0 Å². The highest BCUT2D eigenvalue weighted by Crippen LogP contribution is 1.99. The van der Waals surface area contributed by atoms with Gasteiger partial charge in [-0.1, -0.05) is 6.07 Å². The van der Waals surface area contributed by atoms with Crippen LogP contribution in [-0.2, 0) is 11.2 Å². The number of rotatable bonds is 4. The van der Waals surface area contributed by atoms with Crippen LogP contribution in [0.15, 0.2) is 24.4 Å². The Balaban J connectivity index is 2.49. The van der Waals surface area contributed by atoms with Crippen molar-refractivity contribution in [2.75, 3.05) is 13.6 Å². The second-order valence-electron chi connectivity index (χ2n) is 3.62. The van der Waals surface area contributed by atoms with Crippen LogP contribution < -0.4 is 0 Å². The number of amides is 1. The third-order valence-corrected chi connectivity index (χ3v) is 2.02. The molecule has 1 heterocycles. The molecule has 1 atom stereocenters. The van der Waals surface area contributed by atoms with Crippen LogP contribution >= 0.6 is 0 Å². The Bertz CT molecular complexity index is 312. The average molecular weight is 208 g/mol. The monoisotopic (exact) mass is 208 g/mol. The fourth-order valence-electron chi connectivity index (χ4n) is 1.29. The summed E-state index contributed by atoms with van der Waals surface area (Å²) in [6.07, 6.45) is 1.45. The van der Waals surface area contributed by atoms with Crippen LogP contribution in [0.25, 0.3) is 0 Å². The minimum atomic E-state index is -0.498. The molecule has 1 aromatic heterocycles. The number of nitrogens with zero attached hydrogens (tertiary/aromatic N) is 2. The smallest absolute Gasteiger partial charge is 0.228 e. The Hall–Kier alpha value is -1.42. The zero-order valence-electron chi connectivity index (χ0n) is 9.05. The van der Waals surface area contributed by atoms with E-state index in [-0.39, 0.29) is 12.3 Å². The zero-order valence-corrected chi connectivity index (χ0v) is 9.05. The van der Waals surface area contributed by atoms with Gasteiger partial charge in [0.05, 0.1) is 12.5 Å². The third kappa shape index (κ3) is 4.08. The van der Waals surface area contributed by atoms with E-state index in [4.69, 9.17) is 5.11 Å². The van der Waals surface area contributed by atoms with Crippen molar-refractivity contribution < 1.29 is 9.90 Å². The first-order valence-electron chi connectivity index (χ1n) is 4.91. The molecule has 0 radical (unpaired) electrons. The van der Waals surface area contributed by atoms with Gasteiger partial charge in [-0.25, -0.2) is 0 Å². The topological polar surface area (TPSA) is 53.4 Å². The summed E-state index contributed by atoms with van der Waals surface area (Å²) in [7, 11) is 1.68. The van der Waals surface area contributed by atoms with E-state index in [2.05, 4.69) is 4.98 Å². The molecule has 1 amide bonds. The largest absolute Gasteiger partial charge is 0.392 e. The van der Waals surface area contributed by atoms with E-state index in [0.717, 1.165) is 5.69 Å². The lowest BCUT2D eigenvalue weighted by molar-refractivity contribution is -0.130. The number of aliphatic hydroxyl groups is 1. The van der Waals surface area contributed by atoms with Crippen molar-refractivity contribution in [3.63, 3.8) is 0 Å². The number of pyridine rings is 1. The van der Waals surface area contributed by atoms with Gasteiger partial charge in [0.2, 0.25) is 5.91 Å². The van der Waals surface area contributed by atoms with Crippen LogP contribution in [-0.4, -0.2) is 40.6 Å². The second-order valence-corrected chi connectivity index (χ2v) is 3.62. The van der Waals surface area contributed by atoms with Gasteiger partial charge in [-0.2, -0.15) is 0 Å². The highest BCUT2D eigenvalue weighted by molar-refractivity contribution is 5.78. The van der Waals surface area contributed by atoms with Gasteiger partial charge in [0.15, 0.2) is 0 Å². The number of hydrogen-bond donors (Lipinski definition) is 1. The van der Waals surface area contributed by atoms with E-state index < -0.39 is 6.10 Å². The number of carbonyl (C=O) groups is 1. The van der Waals surface area contributed by atoms with Gasteiger partial charge in [0, 0.05) is 25.5 Å². The Morgan fingerprint density at radius 2 is 2.33 bits per heavy atom. The predicted molar refractivity (Wildman–Crippen MR) is 57.3 cm³/mol. The molecule has 1 unspecified atom stereocenters. The minimum absolute atomic E-state index is 0.0328. The highest BCUT2D eigenvalue weighted by Gasteiger charge is 2.11. The van der Waals surface area contributed by atoms with E-state index in [1.807, 2.05) is 18.2 Å². The van der Waals surface area contributed by atoms with Crippen molar-refractivity contribution in [3.05, 3.63) is 30.1 Å². The highest BCUT2D eigenvalue weighted by atomic mass is 16.3. The summed E-state index contributed by atoms with van der Waals surface area (Å²) < 4.78 is 0. The molecule has 15 heavy (non-hydrogen) atoms. The molecule has 4 nitrogen and oxygen atoms in total. The maximum absolute atomic E-state index is 11.6. The van der Waals surface area contributed by atoms with Crippen molar-refractivity contribution in [3.8, 4) is 0 Å². The first-order valence-corrected chi connectivity index (χ1v) is 4.91. The van der Waals surface area contributed by atoms with E-state index in [1.54, 1.807) is 20.2 Å². The lowest BCUT2D eigenvalue weighted by atomic mass is 10.2. The van der Waals surface area contributed by atoms with Crippen molar-refractivity contribution in [2.45, 2.75) is 19.4 Å². The van der Waals surface area contributed by atoms with Crippen LogP contribution in [0.2, 0.25) is 0 Å². The summed E-state index contributed by atoms with van der Waals surface area (Å²) in [6, 6.07) is 5.48. The van der Waals surface area contributed by atoms with E-state index in [9.17, 15) is 4.79 Å². The molecule has 1 N–H and O–H groups in total. The van der Waals surface area contributed by atoms with Gasteiger partial charge in [0.25, 0.3) is 0 Å². The third-order valence-electron chi connectivity index (χ3n) is 2.02. The van der Waals surface area contributed by atoms with Gasteiger partial charge >= 0.3 is 0 Å². The second kappa shape index (κ2) is 5.46. The first kappa shape index (κ1) is 11.7. The van der Waals surface area contributed by atoms with Crippen molar-refractivity contribution >= 4 is 5.91 Å². The molecule has 82 valence electrons. The Labute approximate surface area is 89.6 Å². The van der Waals surface area contributed by atoms with Crippen LogP contribution in [0.1, 0.15) is 12.6 Å². The van der Waals surface area contributed by atoms with Crippen LogP contribution in [0.3, 0.4) is 0 Å². The molecule has 0 spiro atoms. The molecule has 0 aliphatic heterocycles. The Morgan fingerprint density at radius 1 is 1.60 bits per heavy atom. The average Bonchev–Trinajstić information content (AvgIpc) is 2.18. The fourth-order valence-corrected chi connectivity index (χ4v) is 1.29. The van der Waals surface area contributed by atoms with Gasteiger partial charge < -0.3 is 10.0 Å². The van der Waals surface area contributed by atoms with Gasteiger partial charge in [-0.05, 0) is 19.1 Å². The van der Waals surface area contributed by atoms with Crippen molar-refractivity contribution in [1.82, 2.24) is 9.88 Å². The molecule has 0 saturated carbocycles. The summed E-state index contributed by atoms with van der Waals surface area (Å²) in [4.78, 5) is 17.2. The number of aliphatic hydroxyl groups excluding tert-OH is 1. The normalized spacial score (nSPS) is 12.2. The Morgan fingerprint density at radius 3 is 2.87 bits per heavy atom. The van der Waals surface area contributed by atoms with Gasteiger partial charge in [-0.3, -0.25) is 9.78 Å². The molecule has 1 aromatic rings. The molecule has 0 aromatic carbocycles. The van der Waals surface area contributed by atoms with Gasteiger partial charge in [-0.15, -0.1) is 0 Å². The van der Waals surface area contributed by atoms with Crippen LogP contribution in [0, 0.1) is 0 Å². The summed E-state index contributed by atoms with van der Waals surface area (Å²) in [5.74, 6) is -0.0328. The maximum atomic E-state index is 11.6. The quantitative estimate of drug-likeness (QED) is 0.782. The SMILES string of the molecule is CC(O)CN(C)C(=O)Cc1ccccn1. The molecular weight excluding hydrogens is 192 g/mol. The maximum Gasteiger partial charge on any atom is 0.228 e. The van der Waals surface area contributed by atoms with Crippen LogP contribution in [0.4, 0.5) is 0 Å². The summed E-state index contributed by atoms with van der Waals surface area (Å²) >= 11 is 0. The van der Waals surface area contributed by atoms with E-state index in [0.29, 0.717) is 6.54 Å². The number of carbonyl (C=O) groups excluding carboxylic acids is 1. The number of likely N-dealkylation sites (N-methyl/N-ethyl adjacent to an activating group) is 1. The number of aromatic nitrogens is 1. The summed E-state index contributed by atoms with van der Waals surface area (Å²) in [5.41, 5.74) is 0.750. The van der Waals surface area contributed by atoms with E-state index in [1.165, 1.54) is 4.90 Å². The van der Waals surface area contributed by atoms with Crippen molar-refractivity contribution in [1.29, 1.82) is 0 Å². The zero-order chi connectivity index (χ0) is 11.3.